The Balaban J connectivity index is 1.55. The van der Waals surface area contributed by atoms with Gasteiger partial charge in [0.15, 0.2) is 34.6 Å². The van der Waals surface area contributed by atoms with Crippen LogP contribution in [0.25, 0.3) is 12.2 Å². The van der Waals surface area contributed by atoms with E-state index in [0.717, 1.165) is 32.4 Å². The fourth-order valence-electron chi connectivity index (χ4n) is 3.94. The lowest BCUT2D eigenvalue weighted by atomic mass is 10.1. The fraction of sp³-hybridized carbons (Fsp3) is 0.379. The predicted molar refractivity (Wildman–Crippen MR) is 143 cm³/mol. The van der Waals surface area contributed by atoms with Crippen molar-refractivity contribution in [3.63, 3.8) is 0 Å². The minimum absolute atomic E-state index is 0.113. The second kappa shape index (κ2) is 14.9. The normalized spacial score (nSPS) is 14.9. The average molecular weight is 526 g/mol. The smallest absolute Gasteiger partial charge is 0.259 e. The lowest BCUT2D eigenvalue weighted by molar-refractivity contribution is -0.141. The Morgan fingerprint density at radius 3 is 1.97 bits per heavy atom. The van der Waals surface area contributed by atoms with Crippen molar-refractivity contribution < 1.29 is 38.7 Å². The van der Waals surface area contributed by atoms with Crippen LogP contribution in [0.1, 0.15) is 36.8 Å². The predicted octanol–water partition coefficient (Wildman–Crippen LogP) is 3.47. The first-order valence-corrected chi connectivity index (χ1v) is 12.5. The van der Waals surface area contributed by atoms with Gasteiger partial charge in [0.05, 0.1) is 27.2 Å². The number of hydrogen-bond donors (Lipinski definition) is 2. The molecule has 1 unspecified atom stereocenters. The van der Waals surface area contributed by atoms with Crippen LogP contribution < -0.4 is 18.9 Å². The molecule has 9 heteroatoms. The van der Waals surface area contributed by atoms with Gasteiger partial charge in [-0.05, 0) is 60.4 Å². The van der Waals surface area contributed by atoms with E-state index >= 15 is 0 Å². The van der Waals surface area contributed by atoms with E-state index in [1.807, 2.05) is 4.90 Å². The number of ketones is 2. The molecule has 1 aliphatic rings. The second-order valence-corrected chi connectivity index (χ2v) is 8.71. The van der Waals surface area contributed by atoms with Crippen LogP contribution in [0.3, 0.4) is 0 Å². The van der Waals surface area contributed by atoms with Gasteiger partial charge in [-0.1, -0.05) is 30.7 Å². The largest absolute Gasteiger partial charge is 0.493 e. The van der Waals surface area contributed by atoms with Gasteiger partial charge in [-0.3, -0.25) is 9.59 Å². The number of aliphatic hydroxyl groups is 2. The van der Waals surface area contributed by atoms with Crippen LogP contribution in [0.2, 0.25) is 0 Å². The number of piperidine rings is 1. The molecule has 1 fully saturated rings. The van der Waals surface area contributed by atoms with Gasteiger partial charge in [0.25, 0.3) is 6.41 Å². The summed E-state index contributed by atoms with van der Waals surface area (Å²) in [6.45, 7) is 1.59. The van der Waals surface area contributed by atoms with Crippen LogP contribution in [0.4, 0.5) is 0 Å². The van der Waals surface area contributed by atoms with Crippen LogP contribution >= 0.6 is 0 Å². The lowest BCUT2D eigenvalue weighted by Gasteiger charge is -2.31. The molecule has 0 saturated carbocycles. The summed E-state index contributed by atoms with van der Waals surface area (Å²) in [5.41, 5.74) is 1.39. The molecule has 0 aromatic heterocycles. The first-order chi connectivity index (χ1) is 18.4. The standard InChI is InChI=1S/C29H35NO8/c1-35-27-18-21(8-12-25(27)37-17-16-31)6-10-23(32)20-24(33)11-7-22-9-13-26(28(19-22)36-2)38-29(34)30-14-4-3-5-15-30/h6-13,18-19,29,31,34H,3-5,14-17,20H2,1-2H3/b10-6+,11-7+. The monoisotopic (exact) mass is 525 g/mol. The number of aliphatic hydroxyl groups excluding tert-OH is 2. The number of methoxy groups -OCH3 is 2. The molecule has 38 heavy (non-hydrogen) atoms. The van der Waals surface area contributed by atoms with Gasteiger partial charge in [0.2, 0.25) is 0 Å². The van der Waals surface area contributed by atoms with E-state index in [2.05, 4.69) is 0 Å². The number of allylic oxidation sites excluding steroid dienone is 2. The van der Waals surface area contributed by atoms with Crippen LogP contribution in [-0.4, -0.2) is 73.6 Å². The SMILES string of the molecule is COc1cc(/C=C/C(=O)CC(=O)/C=C/c2ccc(OC(O)N3CCCCC3)c(OC)c2)ccc1OCCO. The first kappa shape index (κ1) is 28.9. The van der Waals surface area contributed by atoms with Crippen molar-refractivity contribution in [1.29, 1.82) is 0 Å². The van der Waals surface area contributed by atoms with Gasteiger partial charge in [-0.25, -0.2) is 4.90 Å². The third-order valence-electron chi connectivity index (χ3n) is 5.93. The Morgan fingerprint density at radius 2 is 1.42 bits per heavy atom. The van der Waals surface area contributed by atoms with Crippen LogP contribution in [0.5, 0.6) is 23.0 Å². The molecule has 0 bridgehead atoms. The van der Waals surface area contributed by atoms with Crippen molar-refractivity contribution in [3.05, 3.63) is 59.7 Å². The molecule has 0 amide bonds. The molecule has 9 nitrogen and oxygen atoms in total. The van der Waals surface area contributed by atoms with Crippen molar-refractivity contribution in [3.8, 4) is 23.0 Å². The van der Waals surface area contributed by atoms with Gasteiger partial charge in [-0.15, -0.1) is 0 Å². The van der Waals surface area contributed by atoms with E-state index < -0.39 is 6.41 Å². The van der Waals surface area contributed by atoms with E-state index in [0.29, 0.717) is 34.1 Å². The van der Waals surface area contributed by atoms with E-state index in [1.54, 1.807) is 48.6 Å². The molecule has 204 valence electrons. The summed E-state index contributed by atoms with van der Waals surface area (Å²) < 4.78 is 21.8. The lowest BCUT2D eigenvalue weighted by Crippen LogP contribution is -2.42. The minimum Gasteiger partial charge on any atom is -0.493 e. The summed E-state index contributed by atoms with van der Waals surface area (Å²) in [5.74, 6) is 1.11. The van der Waals surface area contributed by atoms with Crippen molar-refractivity contribution in [2.45, 2.75) is 32.1 Å². The molecule has 0 radical (unpaired) electrons. The van der Waals surface area contributed by atoms with Crippen molar-refractivity contribution in [1.82, 2.24) is 4.90 Å². The van der Waals surface area contributed by atoms with E-state index in [9.17, 15) is 14.7 Å². The quantitative estimate of drug-likeness (QED) is 0.217. The Kier molecular flexibility index (Phi) is 11.4. The molecule has 2 N–H and O–H groups in total. The maximum Gasteiger partial charge on any atom is 0.259 e. The topological polar surface area (TPSA) is 115 Å². The van der Waals surface area contributed by atoms with Gasteiger partial charge in [-0.2, -0.15) is 0 Å². The molecule has 1 heterocycles. The molecule has 0 aliphatic carbocycles. The second-order valence-electron chi connectivity index (χ2n) is 8.71. The van der Waals surface area contributed by atoms with Crippen LogP contribution in [0, 0.1) is 0 Å². The van der Waals surface area contributed by atoms with Gasteiger partial charge in [0, 0.05) is 13.1 Å². The number of ether oxygens (including phenoxy) is 4. The zero-order chi connectivity index (χ0) is 27.3. The third-order valence-corrected chi connectivity index (χ3v) is 5.93. The maximum atomic E-state index is 12.3. The highest BCUT2D eigenvalue weighted by atomic mass is 16.6. The molecule has 2 aromatic carbocycles. The van der Waals surface area contributed by atoms with Crippen LogP contribution in [0.15, 0.2) is 48.6 Å². The highest BCUT2D eigenvalue weighted by molar-refractivity contribution is 6.10. The zero-order valence-corrected chi connectivity index (χ0v) is 21.8. The summed E-state index contributed by atoms with van der Waals surface area (Å²) in [5, 5.41) is 19.3. The minimum atomic E-state index is -1.05. The highest BCUT2D eigenvalue weighted by Crippen LogP contribution is 2.30. The third kappa shape index (κ3) is 8.72. The van der Waals surface area contributed by atoms with Gasteiger partial charge < -0.3 is 29.2 Å². The maximum absolute atomic E-state index is 12.3. The number of likely N-dealkylation sites (tertiary alicyclic amines) is 1. The highest BCUT2D eigenvalue weighted by Gasteiger charge is 2.21. The molecule has 1 atom stereocenters. The Hall–Kier alpha value is -3.66. The average Bonchev–Trinajstić information content (AvgIpc) is 2.94. The van der Waals surface area contributed by atoms with Crippen molar-refractivity contribution in [2.24, 2.45) is 0 Å². The van der Waals surface area contributed by atoms with Gasteiger partial charge in [0.1, 0.15) is 6.61 Å². The van der Waals surface area contributed by atoms with E-state index in [4.69, 9.17) is 24.1 Å². The molecule has 3 rings (SSSR count). The Bertz CT molecular complexity index is 1140. The Labute approximate surface area is 222 Å². The summed E-state index contributed by atoms with van der Waals surface area (Å²) in [6, 6.07) is 10.3. The number of hydrogen-bond acceptors (Lipinski definition) is 9. The molecule has 0 spiro atoms. The number of benzene rings is 2. The number of carbonyl (C=O) groups is 2. The fourth-order valence-corrected chi connectivity index (χ4v) is 3.94. The van der Waals surface area contributed by atoms with Crippen molar-refractivity contribution in [2.75, 3.05) is 40.5 Å². The van der Waals surface area contributed by atoms with Crippen molar-refractivity contribution >= 4 is 23.7 Å². The molecule has 1 aliphatic heterocycles. The zero-order valence-electron chi connectivity index (χ0n) is 21.8. The summed E-state index contributed by atoms with van der Waals surface area (Å²) >= 11 is 0. The van der Waals surface area contributed by atoms with Crippen LogP contribution in [-0.2, 0) is 9.59 Å². The molecular weight excluding hydrogens is 490 g/mol. The number of nitrogens with zero attached hydrogens (tertiary/aromatic N) is 1. The summed E-state index contributed by atoms with van der Waals surface area (Å²) in [6.07, 6.45) is 7.76. The van der Waals surface area contributed by atoms with Gasteiger partial charge >= 0.3 is 0 Å². The number of rotatable bonds is 14. The summed E-state index contributed by atoms with van der Waals surface area (Å²) in [7, 11) is 3.00. The van der Waals surface area contributed by atoms with E-state index in [1.165, 1.54) is 26.4 Å². The first-order valence-electron chi connectivity index (χ1n) is 12.5. The summed E-state index contributed by atoms with van der Waals surface area (Å²) in [4.78, 5) is 26.5. The Morgan fingerprint density at radius 1 is 0.868 bits per heavy atom. The molecule has 2 aromatic rings. The molecule has 1 saturated heterocycles. The van der Waals surface area contributed by atoms with E-state index in [-0.39, 0.29) is 31.2 Å². The number of carbonyl (C=O) groups excluding carboxylic acids is 2. The molecular formula is C29H35NO8.